The Kier molecular flexibility index (Phi) is 7.19. The number of likely N-dealkylation sites (tertiary alicyclic amines) is 1. The van der Waals surface area contributed by atoms with Gasteiger partial charge >= 0.3 is 0 Å². The van der Waals surface area contributed by atoms with Crippen LogP contribution in [0.15, 0.2) is 48.0 Å². The highest BCUT2D eigenvalue weighted by Gasteiger charge is 2.46. The largest absolute Gasteiger partial charge is 0.507 e. The normalized spacial score (nSPS) is 20.6. The number of amides is 1. The molecule has 2 fully saturated rings. The molecule has 8 heteroatoms. The number of hydrogen-bond acceptors (Lipinski definition) is 6. The van der Waals surface area contributed by atoms with Crippen LogP contribution in [0.25, 0.3) is 5.76 Å². The lowest BCUT2D eigenvalue weighted by Crippen LogP contribution is -3.14. The van der Waals surface area contributed by atoms with E-state index in [-0.39, 0.29) is 11.3 Å². The maximum absolute atomic E-state index is 13.2. The molecule has 0 aliphatic carbocycles. The summed E-state index contributed by atoms with van der Waals surface area (Å²) in [5, 5.41) is 11.2. The minimum Gasteiger partial charge on any atom is -0.507 e. The number of ketones is 1. The number of benzene rings is 2. The Hall–Kier alpha value is -3.36. The number of aryl methyl sites for hydroxylation is 1. The van der Waals surface area contributed by atoms with Crippen molar-refractivity contribution >= 4 is 17.4 Å². The van der Waals surface area contributed by atoms with Gasteiger partial charge in [-0.05, 0) is 24.6 Å². The highest BCUT2D eigenvalue weighted by Crippen LogP contribution is 2.41. The van der Waals surface area contributed by atoms with E-state index in [1.54, 1.807) is 42.3 Å². The molecule has 1 atom stereocenters. The number of nitrogens with one attached hydrogen (secondary N) is 1. The summed E-state index contributed by atoms with van der Waals surface area (Å²) in [6.45, 7) is 6.08. The fourth-order valence-corrected chi connectivity index (χ4v) is 4.54. The fourth-order valence-electron chi connectivity index (χ4n) is 4.54. The molecule has 2 aromatic rings. The van der Waals surface area contributed by atoms with Gasteiger partial charge in [-0.1, -0.05) is 35.9 Å². The molecule has 2 heterocycles. The molecule has 0 saturated carbocycles. The van der Waals surface area contributed by atoms with E-state index in [9.17, 15) is 14.7 Å². The summed E-state index contributed by atoms with van der Waals surface area (Å²) in [7, 11) is 3.08. The maximum atomic E-state index is 13.2. The fraction of sp³-hybridized carbons (Fsp3) is 0.385. The third-order valence-corrected chi connectivity index (χ3v) is 6.49. The molecular formula is C26H31N2O6+. The molecule has 0 spiro atoms. The summed E-state index contributed by atoms with van der Waals surface area (Å²) in [6.07, 6.45) is 0. The number of nitrogens with zero attached hydrogens (tertiary/aromatic N) is 1. The van der Waals surface area contributed by atoms with E-state index in [0.717, 1.165) is 18.7 Å². The number of carbonyl (C=O) groups excluding carboxylic acids is 2. The van der Waals surface area contributed by atoms with Gasteiger partial charge in [-0.15, -0.1) is 0 Å². The van der Waals surface area contributed by atoms with Gasteiger partial charge in [0.15, 0.2) is 11.5 Å². The smallest absolute Gasteiger partial charge is 0.295 e. The Balaban J connectivity index is 1.77. The van der Waals surface area contributed by atoms with Crippen LogP contribution < -0.4 is 14.4 Å². The van der Waals surface area contributed by atoms with Crippen LogP contribution >= 0.6 is 0 Å². The monoisotopic (exact) mass is 467 g/mol. The molecule has 2 aromatic carbocycles. The Morgan fingerprint density at radius 1 is 1.06 bits per heavy atom. The number of rotatable bonds is 7. The summed E-state index contributed by atoms with van der Waals surface area (Å²) in [5.41, 5.74) is 2.27. The summed E-state index contributed by atoms with van der Waals surface area (Å²) < 4.78 is 16.3. The quantitative estimate of drug-likeness (QED) is 0.363. The molecule has 0 unspecified atom stereocenters. The Labute approximate surface area is 199 Å². The topological polar surface area (TPSA) is 89.7 Å². The van der Waals surface area contributed by atoms with Crippen molar-refractivity contribution in [3.05, 3.63) is 64.7 Å². The van der Waals surface area contributed by atoms with Crippen molar-refractivity contribution in [2.75, 3.05) is 53.6 Å². The van der Waals surface area contributed by atoms with Gasteiger partial charge in [-0.2, -0.15) is 0 Å². The third kappa shape index (κ3) is 4.64. The van der Waals surface area contributed by atoms with Gasteiger partial charge in [0.25, 0.3) is 11.7 Å². The van der Waals surface area contributed by atoms with Crippen LogP contribution in [0.3, 0.4) is 0 Å². The van der Waals surface area contributed by atoms with Gasteiger partial charge in [0.05, 0.1) is 52.1 Å². The lowest BCUT2D eigenvalue weighted by Gasteiger charge is -2.29. The van der Waals surface area contributed by atoms with E-state index >= 15 is 0 Å². The molecule has 0 bridgehead atoms. The van der Waals surface area contributed by atoms with Gasteiger partial charge in [-0.3, -0.25) is 9.59 Å². The zero-order valence-electron chi connectivity index (χ0n) is 19.8. The zero-order chi connectivity index (χ0) is 24.2. The first-order chi connectivity index (χ1) is 16.4. The van der Waals surface area contributed by atoms with Gasteiger partial charge < -0.3 is 29.1 Å². The molecule has 2 aliphatic heterocycles. The van der Waals surface area contributed by atoms with Crippen LogP contribution in [0.5, 0.6) is 11.5 Å². The molecule has 4 rings (SSSR count). The number of quaternary nitrogens is 1. The highest BCUT2D eigenvalue weighted by molar-refractivity contribution is 6.46. The van der Waals surface area contributed by atoms with Crippen molar-refractivity contribution < 1.29 is 33.8 Å². The van der Waals surface area contributed by atoms with Crippen LogP contribution in [0.4, 0.5) is 0 Å². The molecule has 8 nitrogen and oxygen atoms in total. The van der Waals surface area contributed by atoms with Crippen molar-refractivity contribution in [3.8, 4) is 11.5 Å². The van der Waals surface area contributed by atoms with Crippen LogP contribution in [0.2, 0.25) is 0 Å². The van der Waals surface area contributed by atoms with Crippen molar-refractivity contribution in [3.63, 3.8) is 0 Å². The number of aliphatic hydroxyl groups excluding tert-OH is 1. The number of carbonyl (C=O) groups is 2. The number of morpholine rings is 1. The average molecular weight is 468 g/mol. The second-order valence-electron chi connectivity index (χ2n) is 8.59. The standard InChI is InChI=1S/C26H30N2O6/c1-17-4-6-18(7-5-17)24(29)22-23(19-8-9-20(32-2)21(16-19)33-3)28(26(31)25(22)30)11-10-27-12-14-34-15-13-27/h4-9,16,23,29H,10-15H2,1-3H3/p+1/t23-/m1/s1. The summed E-state index contributed by atoms with van der Waals surface area (Å²) in [6, 6.07) is 11.8. The summed E-state index contributed by atoms with van der Waals surface area (Å²) in [5.74, 6) is -0.450. The lowest BCUT2D eigenvalue weighted by molar-refractivity contribution is -0.907. The molecule has 2 saturated heterocycles. The second-order valence-corrected chi connectivity index (χ2v) is 8.59. The van der Waals surface area contributed by atoms with Gasteiger partial charge in [-0.25, -0.2) is 0 Å². The molecule has 0 aromatic heterocycles. The number of hydrogen-bond donors (Lipinski definition) is 2. The first-order valence-electron chi connectivity index (χ1n) is 11.4. The highest BCUT2D eigenvalue weighted by atomic mass is 16.5. The maximum Gasteiger partial charge on any atom is 0.295 e. The molecule has 1 amide bonds. The first-order valence-corrected chi connectivity index (χ1v) is 11.4. The third-order valence-electron chi connectivity index (χ3n) is 6.49. The molecular weight excluding hydrogens is 436 g/mol. The van der Waals surface area contributed by atoms with E-state index in [1.807, 2.05) is 19.1 Å². The van der Waals surface area contributed by atoms with Gasteiger partial charge in [0, 0.05) is 5.56 Å². The molecule has 34 heavy (non-hydrogen) atoms. The van der Waals surface area contributed by atoms with Crippen LogP contribution in [0.1, 0.15) is 22.7 Å². The van der Waals surface area contributed by atoms with E-state index in [2.05, 4.69) is 0 Å². The molecule has 0 radical (unpaired) electrons. The minimum atomic E-state index is -0.735. The molecule has 180 valence electrons. The van der Waals surface area contributed by atoms with Crippen molar-refractivity contribution in [1.29, 1.82) is 0 Å². The SMILES string of the molecule is COc1ccc([C@@H]2C(=C(O)c3ccc(C)cc3)C(=O)C(=O)N2CC[NH+]2CCOCC2)cc1OC. The number of methoxy groups -OCH3 is 2. The zero-order valence-corrected chi connectivity index (χ0v) is 19.8. The average Bonchev–Trinajstić information content (AvgIpc) is 3.12. The predicted molar refractivity (Wildman–Crippen MR) is 126 cm³/mol. The second kappa shape index (κ2) is 10.3. The number of Topliss-reactive ketones (excluding diaryl/α,β-unsaturated/α-hetero) is 1. The van der Waals surface area contributed by atoms with Crippen molar-refractivity contribution in [2.24, 2.45) is 0 Å². The van der Waals surface area contributed by atoms with E-state index in [4.69, 9.17) is 14.2 Å². The Morgan fingerprint density at radius 2 is 1.74 bits per heavy atom. The Bertz CT molecular complexity index is 1090. The van der Waals surface area contributed by atoms with Crippen molar-refractivity contribution in [2.45, 2.75) is 13.0 Å². The summed E-state index contributed by atoms with van der Waals surface area (Å²) >= 11 is 0. The van der Waals surface area contributed by atoms with Crippen molar-refractivity contribution in [1.82, 2.24) is 4.90 Å². The van der Waals surface area contributed by atoms with E-state index in [1.165, 1.54) is 12.0 Å². The van der Waals surface area contributed by atoms with Gasteiger partial charge in [0.2, 0.25) is 0 Å². The number of ether oxygens (including phenoxy) is 3. The van der Waals surface area contributed by atoms with Crippen LogP contribution in [0, 0.1) is 6.92 Å². The lowest BCUT2D eigenvalue weighted by atomic mass is 9.94. The van der Waals surface area contributed by atoms with E-state index in [0.29, 0.717) is 48.9 Å². The minimum absolute atomic E-state index is 0.0815. The van der Waals surface area contributed by atoms with Gasteiger partial charge in [0.1, 0.15) is 18.8 Å². The summed E-state index contributed by atoms with van der Waals surface area (Å²) in [4.78, 5) is 29.3. The van der Waals surface area contributed by atoms with Crippen LogP contribution in [-0.2, 0) is 14.3 Å². The Morgan fingerprint density at radius 3 is 2.38 bits per heavy atom. The molecule has 2 aliphatic rings. The predicted octanol–water partition coefficient (Wildman–Crippen LogP) is 1.35. The van der Waals surface area contributed by atoms with Crippen LogP contribution in [-0.4, -0.2) is 75.3 Å². The first kappa shape index (κ1) is 23.8. The van der Waals surface area contributed by atoms with E-state index < -0.39 is 17.7 Å². The number of aliphatic hydroxyl groups is 1. The molecule has 2 N–H and O–H groups in total.